The van der Waals surface area contributed by atoms with Gasteiger partial charge in [0.15, 0.2) is 0 Å². The van der Waals surface area contributed by atoms with Gasteiger partial charge in [0.25, 0.3) is 0 Å². The molecule has 86 valence electrons. The summed E-state index contributed by atoms with van der Waals surface area (Å²) in [5.74, 6) is -2.25. The first kappa shape index (κ1) is 12.1. The predicted molar refractivity (Wildman–Crippen MR) is 48.2 cm³/mol. The lowest BCUT2D eigenvalue weighted by molar-refractivity contribution is -0.139. The number of alkyl halides is 3. The smallest absolute Gasteiger partial charge is 0.412 e. The molecule has 0 amide bonds. The van der Waals surface area contributed by atoms with Gasteiger partial charge >= 0.3 is 12.1 Å². The number of allylic oxidation sites excluding steroid dienone is 2. The lowest BCUT2D eigenvalue weighted by atomic mass is 10.1. The SMILES string of the molecule is CC(=CC1C(C(=O)O)C1(C)C)C(F)(F)F. The second-order valence-corrected chi connectivity index (χ2v) is 4.51. The minimum Gasteiger partial charge on any atom is -0.481 e. The van der Waals surface area contributed by atoms with Crippen LogP contribution < -0.4 is 0 Å². The van der Waals surface area contributed by atoms with E-state index in [1.807, 2.05) is 0 Å². The van der Waals surface area contributed by atoms with Crippen molar-refractivity contribution < 1.29 is 23.1 Å². The highest BCUT2D eigenvalue weighted by Gasteiger charge is 2.61. The molecule has 2 nitrogen and oxygen atoms in total. The average Bonchev–Trinajstić information content (AvgIpc) is 2.50. The monoisotopic (exact) mass is 222 g/mol. The van der Waals surface area contributed by atoms with Crippen LogP contribution in [-0.2, 0) is 4.79 Å². The van der Waals surface area contributed by atoms with Crippen LogP contribution in [0.5, 0.6) is 0 Å². The second kappa shape index (κ2) is 3.25. The van der Waals surface area contributed by atoms with Crippen molar-refractivity contribution >= 4 is 5.97 Å². The van der Waals surface area contributed by atoms with E-state index >= 15 is 0 Å². The quantitative estimate of drug-likeness (QED) is 0.729. The lowest BCUT2D eigenvalue weighted by Crippen LogP contribution is -2.09. The zero-order valence-electron chi connectivity index (χ0n) is 8.72. The van der Waals surface area contributed by atoms with Gasteiger partial charge in [-0.2, -0.15) is 13.2 Å². The molecule has 0 aromatic carbocycles. The maximum Gasteiger partial charge on any atom is 0.412 e. The molecule has 1 saturated carbocycles. The van der Waals surface area contributed by atoms with Gasteiger partial charge in [0.05, 0.1) is 5.92 Å². The van der Waals surface area contributed by atoms with E-state index in [2.05, 4.69) is 0 Å². The largest absolute Gasteiger partial charge is 0.481 e. The highest BCUT2D eigenvalue weighted by Crippen LogP contribution is 2.59. The van der Waals surface area contributed by atoms with Gasteiger partial charge in [-0.1, -0.05) is 19.9 Å². The van der Waals surface area contributed by atoms with E-state index in [0.29, 0.717) is 0 Å². The number of carbonyl (C=O) groups is 1. The van der Waals surface area contributed by atoms with Gasteiger partial charge in [-0.3, -0.25) is 4.79 Å². The Bertz CT molecular complexity index is 315. The molecule has 1 aliphatic carbocycles. The third-order valence-electron chi connectivity index (χ3n) is 3.05. The van der Waals surface area contributed by atoms with Crippen molar-refractivity contribution in [3.05, 3.63) is 11.6 Å². The van der Waals surface area contributed by atoms with Gasteiger partial charge in [0.2, 0.25) is 0 Å². The average molecular weight is 222 g/mol. The maximum absolute atomic E-state index is 12.2. The van der Waals surface area contributed by atoms with Crippen LogP contribution in [0.2, 0.25) is 0 Å². The molecule has 0 spiro atoms. The van der Waals surface area contributed by atoms with Gasteiger partial charge in [-0.25, -0.2) is 0 Å². The molecule has 0 aliphatic heterocycles. The predicted octanol–water partition coefficient (Wildman–Crippen LogP) is 2.85. The molecule has 1 rings (SSSR count). The van der Waals surface area contributed by atoms with Gasteiger partial charge < -0.3 is 5.11 Å². The maximum atomic E-state index is 12.2. The van der Waals surface area contributed by atoms with E-state index in [9.17, 15) is 18.0 Å². The Kier molecular flexibility index (Phi) is 2.62. The Morgan fingerprint density at radius 1 is 1.40 bits per heavy atom. The van der Waals surface area contributed by atoms with Crippen LogP contribution in [0, 0.1) is 17.3 Å². The fourth-order valence-electron chi connectivity index (χ4n) is 1.82. The van der Waals surface area contributed by atoms with E-state index in [1.165, 1.54) is 0 Å². The van der Waals surface area contributed by atoms with E-state index < -0.39 is 35.0 Å². The van der Waals surface area contributed by atoms with Gasteiger partial charge in [0, 0.05) is 5.57 Å². The highest BCUT2D eigenvalue weighted by atomic mass is 19.4. The summed E-state index contributed by atoms with van der Waals surface area (Å²) < 4.78 is 36.6. The molecule has 1 fully saturated rings. The third-order valence-corrected chi connectivity index (χ3v) is 3.05. The van der Waals surface area contributed by atoms with E-state index in [1.54, 1.807) is 13.8 Å². The molecule has 0 saturated heterocycles. The number of carboxylic acids is 1. The van der Waals surface area contributed by atoms with Crippen LogP contribution in [0.4, 0.5) is 13.2 Å². The molecule has 15 heavy (non-hydrogen) atoms. The molecule has 5 heteroatoms. The van der Waals surface area contributed by atoms with Crippen LogP contribution in [0.3, 0.4) is 0 Å². The minimum absolute atomic E-state index is 0.517. The van der Waals surface area contributed by atoms with Crippen molar-refractivity contribution in [2.75, 3.05) is 0 Å². The molecule has 0 aromatic heterocycles. The topological polar surface area (TPSA) is 37.3 Å². The summed E-state index contributed by atoms with van der Waals surface area (Å²) in [7, 11) is 0. The summed E-state index contributed by atoms with van der Waals surface area (Å²) in [5.41, 5.74) is -1.29. The van der Waals surface area contributed by atoms with Crippen molar-refractivity contribution in [2.24, 2.45) is 17.3 Å². The van der Waals surface area contributed by atoms with Crippen molar-refractivity contribution in [2.45, 2.75) is 26.9 Å². The highest BCUT2D eigenvalue weighted by molar-refractivity contribution is 5.76. The summed E-state index contributed by atoms with van der Waals surface area (Å²) in [4.78, 5) is 10.7. The number of halogens is 3. The van der Waals surface area contributed by atoms with Gasteiger partial charge in [-0.05, 0) is 18.3 Å². The zero-order valence-corrected chi connectivity index (χ0v) is 8.72. The fraction of sp³-hybridized carbons (Fsp3) is 0.700. The van der Waals surface area contributed by atoms with Crippen LogP contribution in [0.1, 0.15) is 20.8 Å². The molecule has 2 unspecified atom stereocenters. The Labute approximate surface area is 85.8 Å². The summed E-state index contributed by atoms with van der Waals surface area (Å²) in [5, 5.41) is 8.76. The second-order valence-electron chi connectivity index (χ2n) is 4.51. The van der Waals surface area contributed by atoms with Crippen molar-refractivity contribution in [3.63, 3.8) is 0 Å². The van der Waals surface area contributed by atoms with Crippen LogP contribution in [0.15, 0.2) is 11.6 Å². The minimum atomic E-state index is -4.36. The van der Waals surface area contributed by atoms with Crippen molar-refractivity contribution in [3.8, 4) is 0 Å². The Balaban J connectivity index is 2.83. The number of hydrogen-bond acceptors (Lipinski definition) is 1. The molecule has 1 N–H and O–H groups in total. The van der Waals surface area contributed by atoms with Crippen LogP contribution in [0.25, 0.3) is 0 Å². The van der Waals surface area contributed by atoms with Gasteiger partial charge in [0.1, 0.15) is 0 Å². The molecule has 0 aromatic rings. The number of rotatable bonds is 2. The zero-order chi connectivity index (χ0) is 12.0. The van der Waals surface area contributed by atoms with E-state index in [4.69, 9.17) is 5.11 Å². The van der Waals surface area contributed by atoms with Crippen LogP contribution >= 0.6 is 0 Å². The molecular weight excluding hydrogens is 209 g/mol. The first-order valence-corrected chi connectivity index (χ1v) is 4.57. The molecule has 0 heterocycles. The summed E-state index contributed by atoms with van der Waals surface area (Å²) in [6, 6.07) is 0. The molecule has 0 radical (unpaired) electrons. The standard InChI is InChI=1S/C10H13F3O2/c1-5(10(11,12)13)4-6-7(8(14)15)9(6,2)3/h4,6-7H,1-3H3,(H,14,15). The van der Waals surface area contributed by atoms with Crippen molar-refractivity contribution in [1.82, 2.24) is 0 Å². The first-order chi connectivity index (χ1) is 6.58. The molecule has 2 atom stereocenters. The molecule has 0 bridgehead atoms. The number of carboxylic acid groups (broad SMARTS) is 1. The Morgan fingerprint density at radius 2 is 1.87 bits per heavy atom. The summed E-state index contributed by atoms with van der Waals surface area (Å²) in [6.45, 7) is 4.29. The third kappa shape index (κ3) is 2.16. The van der Waals surface area contributed by atoms with Crippen molar-refractivity contribution in [1.29, 1.82) is 0 Å². The van der Waals surface area contributed by atoms with E-state index in [-0.39, 0.29) is 0 Å². The van der Waals surface area contributed by atoms with Gasteiger partial charge in [-0.15, -0.1) is 0 Å². The first-order valence-electron chi connectivity index (χ1n) is 4.57. The summed E-state index contributed by atoms with van der Waals surface area (Å²) in [6.07, 6.45) is -3.33. The Morgan fingerprint density at radius 3 is 2.13 bits per heavy atom. The Hall–Kier alpha value is -1.00. The van der Waals surface area contributed by atoms with Crippen LogP contribution in [-0.4, -0.2) is 17.3 Å². The number of aliphatic carboxylic acids is 1. The normalized spacial score (nSPS) is 30.1. The summed E-state index contributed by atoms with van der Waals surface area (Å²) >= 11 is 0. The van der Waals surface area contributed by atoms with E-state index in [0.717, 1.165) is 13.0 Å². The fourth-order valence-corrected chi connectivity index (χ4v) is 1.82. The lowest BCUT2D eigenvalue weighted by Gasteiger charge is -2.06. The molecular formula is C10H13F3O2. The molecule has 1 aliphatic rings. The number of hydrogen-bond donors (Lipinski definition) is 1.